The standard InChI is InChI=1S/C15H22O/c1-8-5-6-11-14(15(11,3)4)13-9(2)12(16)7-10(8)13/h8,10-11,14H,5-7H2,1-4H3/t8-,10+,11+,14-/m1/s1. The van der Waals surface area contributed by atoms with Crippen LogP contribution in [-0.2, 0) is 4.79 Å². The Balaban J connectivity index is 2.05. The number of carbonyl (C=O) groups is 1. The molecule has 0 aromatic carbocycles. The van der Waals surface area contributed by atoms with Crippen molar-refractivity contribution in [3.05, 3.63) is 11.1 Å². The van der Waals surface area contributed by atoms with Gasteiger partial charge in [-0.2, -0.15) is 0 Å². The average Bonchev–Trinajstić information content (AvgIpc) is 2.68. The zero-order valence-electron chi connectivity index (χ0n) is 10.8. The van der Waals surface area contributed by atoms with Crippen molar-refractivity contribution in [3.63, 3.8) is 0 Å². The summed E-state index contributed by atoms with van der Waals surface area (Å²) in [5.74, 6) is 3.32. The van der Waals surface area contributed by atoms with Crippen LogP contribution in [0, 0.1) is 29.1 Å². The lowest BCUT2D eigenvalue weighted by atomic mass is 9.82. The van der Waals surface area contributed by atoms with E-state index in [2.05, 4.69) is 27.7 Å². The van der Waals surface area contributed by atoms with E-state index >= 15 is 0 Å². The minimum atomic E-state index is 0.426. The van der Waals surface area contributed by atoms with Crippen LogP contribution in [0.25, 0.3) is 0 Å². The normalized spacial score (nSPS) is 45.1. The number of rotatable bonds is 0. The molecule has 0 bridgehead atoms. The van der Waals surface area contributed by atoms with Gasteiger partial charge in [0.2, 0.25) is 0 Å². The van der Waals surface area contributed by atoms with E-state index in [9.17, 15) is 4.79 Å². The van der Waals surface area contributed by atoms with Crippen LogP contribution in [0.4, 0.5) is 0 Å². The molecule has 3 rings (SSSR count). The lowest BCUT2D eigenvalue weighted by molar-refractivity contribution is -0.115. The number of carbonyl (C=O) groups excluding carboxylic acids is 1. The van der Waals surface area contributed by atoms with Crippen molar-refractivity contribution in [1.82, 2.24) is 0 Å². The molecule has 2 saturated carbocycles. The minimum Gasteiger partial charge on any atom is -0.295 e. The fourth-order valence-electron chi connectivity index (χ4n) is 4.42. The maximum absolute atomic E-state index is 11.9. The highest BCUT2D eigenvalue weighted by Gasteiger charge is 2.62. The Bertz CT molecular complexity index is 388. The summed E-state index contributed by atoms with van der Waals surface area (Å²) >= 11 is 0. The van der Waals surface area contributed by atoms with Gasteiger partial charge in [0.1, 0.15) is 0 Å². The van der Waals surface area contributed by atoms with Gasteiger partial charge in [-0.25, -0.2) is 0 Å². The van der Waals surface area contributed by atoms with Gasteiger partial charge in [0.15, 0.2) is 5.78 Å². The molecule has 3 aliphatic rings. The van der Waals surface area contributed by atoms with Gasteiger partial charge in [0.25, 0.3) is 0 Å². The molecule has 1 nitrogen and oxygen atoms in total. The Hall–Kier alpha value is -0.590. The number of hydrogen-bond donors (Lipinski definition) is 0. The molecule has 0 saturated heterocycles. The van der Waals surface area contributed by atoms with Crippen LogP contribution in [0.5, 0.6) is 0 Å². The van der Waals surface area contributed by atoms with E-state index in [1.807, 2.05) is 0 Å². The van der Waals surface area contributed by atoms with E-state index in [0.29, 0.717) is 17.1 Å². The van der Waals surface area contributed by atoms with E-state index in [1.165, 1.54) is 12.8 Å². The third kappa shape index (κ3) is 1.15. The lowest BCUT2D eigenvalue weighted by Gasteiger charge is -2.22. The molecule has 0 N–H and O–H groups in total. The van der Waals surface area contributed by atoms with Gasteiger partial charge in [-0.3, -0.25) is 4.79 Å². The van der Waals surface area contributed by atoms with Gasteiger partial charge in [0, 0.05) is 6.42 Å². The summed E-state index contributed by atoms with van der Waals surface area (Å²) in [5, 5.41) is 0. The maximum Gasteiger partial charge on any atom is 0.159 e. The highest BCUT2D eigenvalue weighted by Crippen LogP contribution is 2.68. The molecular formula is C15H22O. The van der Waals surface area contributed by atoms with Crippen LogP contribution >= 0.6 is 0 Å². The summed E-state index contributed by atoms with van der Waals surface area (Å²) in [4.78, 5) is 11.9. The predicted molar refractivity (Wildman–Crippen MR) is 65.0 cm³/mol. The van der Waals surface area contributed by atoms with Crippen molar-refractivity contribution >= 4 is 5.78 Å². The number of Topliss-reactive ketones (excluding diaryl/α,β-unsaturated/α-hetero) is 1. The quantitative estimate of drug-likeness (QED) is 0.607. The molecule has 2 fully saturated rings. The van der Waals surface area contributed by atoms with Crippen LogP contribution in [0.2, 0.25) is 0 Å². The van der Waals surface area contributed by atoms with Gasteiger partial charge in [-0.05, 0) is 54.4 Å². The summed E-state index contributed by atoms with van der Waals surface area (Å²) in [6.45, 7) is 9.19. The third-order valence-electron chi connectivity index (χ3n) is 5.66. The number of ketones is 1. The molecule has 0 aromatic rings. The van der Waals surface area contributed by atoms with E-state index < -0.39 is 0 Å². The first kappa shape index (κ1) is 10.6. The van der Waals surface area contributed by atoms with E-state index in [-0.39, 0.29) is 0 Å². The van der Waals surface area contributed by atoms with Gasteiger partial charge >= 0.3 is 0 Å². The molecule has 0 radical (unpaired) electrons. The highest BCUT2D eigenvalue weighted by molar-refractivity contribution is 5.99. The summed E-state index contributed by atoms with van der Waals surface area (Å²) in [7, 11) is 0. The molecule has 0 spiro atoms. The van der Waals surface area contributed by atoms with Gasteiger partial charge in [-0.15, -0.1) is 0 Å². The topological polar surface area (TPSA) is 17.1 Å². The smallest absolute Gasteiger partial charge is 0.159 e. The van der Waals surface area contributed by atoms with Gasteiger partial charge in [-0.1, -0.05) is 26.3 Å². The van der Waals surface area contributed by atoms with Crippen LogP contribution in [0.1, 0.15) is 47.0 Å². The average molecular weight is 218 g/mol. The lowest BCUT2D eigenvalue weighted by Crippen LogP contribution is -2.14. The second-order valence-corrected chi connectivity index (χ2v) is 6.77. The Morgan fingerprint density at radius 3 is 2.62 bits per heavy atom. The Kier molecular flexibility index (Phi) is 1.98. The van der Waals surface area contributed by atoms with Gasteiger partial charge < -0.3 is 0 Å². The van der Waals surface area contributed by atoms with Crippen molar-refractivity contribution < 1.29 is 4.79 Å². The minimum absolute atomic E-state index is 0.426. The molecule has 1 heteroatoms. The number of fused-ring (bicyclic) bond motifs is 3. The summed E-state index contributed by atoms with van der Waals surface area (Å²) in [5.41, 5.74) is 3.16. The molecule has 4 atom stereocenters. The van der Waals surface area contributed by atoms with E-state index in [4.69, 9.17) is 0 Å². The largest absolute Gasteiger partial charge is 0.295 e. The zero-order chi connectivity index (χ0) is 11.7. The number of hydrogen-bond acceptors (Lipinski definition) is 1. The Morgan fingerprint density at radius 2 is 1.94 bits per heavy atom. The first-order valence-corrected chi connectivity index (χ1v) is 6.68. The Morgan fingerprint density at radius 1 is 1.25 bits per heavy atom. The fraction of sp³-hybridized carbons (Fsp3) is 0.800. The first-order chi connectivity index (χ1) is 7.44. The molecule has 16 heavy (non-hydrogen) atoms. The second-order valence-electron chi connectivity index (χ2n) is 6.77. The number of allylic oxidation sites excluding steroid dienone is 2. The van der Waals surface area contributed by atoms with Crippen molar-refractivity contribution in [2.75, 3.05) is 0 Å². The molecule has 0 aliphatic heterocycles. The summed E-state index contributed by atoms with van der Waals surface area (Å²) in [6.07, 6.45) is 3.50. The highest BCUT2D eigenvalue weighted by atomic mass is 16.1. The van der Waals surface area contributed by atoms with Crippen molar-refractivity contribution in [2.45, 2.75) is 47.0 Å². The Labute approximate surface area is 98.3 Å². The third-order valence-corrected chi connectivity index (χ3v) is 5.66. The van der Waals surface area contributed by atoms with Crippen molar-refractivity contribution in [2.24, 2.45) is 29.1 Å². The molecule has 0 heterocycles. The molecule has 88 valence electrons. The SMILES string of the molecule is CC1=C2[C@@H](CC1=O)[C@H](C)CC[C@H]1[C@H]2C1(C)C. The van der Waals surface area contributed by atoms with Gasteiger partial charge in [0.05, 0.1) is 0 Å². The van der Waals surface area contributed by atoms with Crippen molar-refractivity contribution in [3.8, 4) is 0 Å². The first-order valence-electron chi connectivity index (χ1n) is 6.68. The summed E-state index contributed by atoms with van der Waals surface area (Å²) in [6, 6.07) is 0. The molecular weight excluding hydrogens is 196 g/mol. The molecule has 0 aromatic heterocycles. The van der Waals surface area contributed by atoms with E-state index in [1.54, 1.807) is 5.57 Å². The van der Waals surface area contributed by atoms with Crippen LogP contribution < -0.4 is 0 Å². The molecule has 0 unspecified atom stereocenters. The van der Waals surface area contributed by atoms with Crippen LogP contribution in [0.3, 0.4) is 0 Å². The van der Waals surface area contributed by atoms with E-state index in [0.717, 1.165) is 29.7 Å². The second kappa shape index (κ2) is 3.00. The van der Waals surface area contributed by atoms with Crippen LogP contribution in [-0.4, -0.2) is 5.78 Å². The molecule has 3 aliphatic carbocycles. The zero-order valence-corrected chi connectivity index (χ0v) is 10.8. The van der Waals surface area contributed by atoms with Crippen molar-refractivity contribution in [1.29, 1.82) is 0 Å². The molecule has 0 amide bonds. The predicted octanol–water partition coefficient (Wildman–Crippen LogP) is 3.59. The summed E-state index contributed by atoms with van der Waals surface area (Å²) < 4.78 is 0. The monoisotopic (exact) mass is 218 g/mol. The maximum atomic E-state index is 11.9. The van der Waals surface area contributed by atoms with Crippen LogP contribution in [0.15, 0.2) is 11.1 Å². The fourth-order valence-corrected chi connectivity index (χ4v) is 4.42.